The molecule has 3 heterocycles. The monoisotopic (exact) mass is 548 g/mol. The Morgan fingerprint density at radius 2 is 2.03 bits per heavy atom. The standard InChI is InChI=1S/C27H25FN6O4S/c28-17-5-1-6-18(13-17)34(27(37)24-21(29)22(25(30)35)33-39-24)23(26(36)32-14-19-7-3-11-38-19)16-8-9-20-15(12-16)4-2-10-31-20/h1-2,4-6,8-10,12-13,19,23H,3,7,11,14,29H2,(H2,30,35)(H,32,36)/t19-,23-/m1/s1. The van der Waals surface area contributed by atoms with E-state index in [1.54, 1.807) is 30.5 Å². The normalized spacial score (nSPS) is 15.7. The molecular formula is C27H25FN6O4S. The van der Waals surface area contributed by atoms with Gasteiger partial charge in [0, 0.05) is 30.4 Å². The minimum atomic E-state index is -1.25. The minimum absolute atomic E-state index is 0.104. The van der Waals surface area contributed by atoms with Gasteiger partial charge >= 0.3 is 0 Å². The first-order chi connectivity index (χ1) is 18.8. The second-order valence-electron chi connectivity index (χ2n) is 9.03. The summed E-state index contributed by atoms with van der Waals surface area (Å²) in [6.07, 6.45) is 3.19. The summed E-state index contributed by atoms with van der Waals surface area (Å²) in [5.74, 6) is -2.76. The lowest BCUT2D eigenvalue weighted by Gasteiger charge is -2.31. The molecule has 0 unspecified atom stereocenters. The molecule has 1 saturated heterocycles. The van der Waals surface area contributed by atoms with Crippen molar-refractivity contribution in [1.82, 2.24) is 14.7 Å². The van der Waals surface area contributed by atoms with Crippen LogP contribution in [-0.2, 0) is 9.53 Å². The molecule has 2 atom stereocenters. The van der Waals surface area contributed by atoms with Crippen molar-refractivity contribution in [2.45, 2.75) is 25.0 Å². The fraction of sp³-hybridized carbons (Fsp3) is 0.222. The zero-order valence-electron chi connectivity index (χ0n) is 20.7. The molecule has 1 aliphatic rings. The highest BCUT2D eigenvalue weighted by atomic mass is 32.1. The van der Waals surface area contributed by atoms with Crippen LogP contribution in [0.3, 0.4) is 0 Å². The van der Waals surface area contributed by atoms with Crippen LogP contribution < -0.4 is 21.7 Å². The van der Waals surface area contributed by atoms with Crippen molar-refractivity contribution in [3.63, 3.8) is 0 Å². The Kier molecular flexibility index (Phi) is 7.48. The van der Waals surface area contributed by atoms with Gasteiger partial charge in [0.1, 0.15) is 16.7 Å². The molecule has 0 aliphatic carbocycles. The van der Waals surface area contributed by atoms with E-state index in [-0.39, 0.29) is 34.6 Å². The zero-order valence-corrected chi connectivity index (χ0v) is 21.5. The van der Waals surface area contributed by atoms with Gasteiger partial charge in [0.05, 0.1) is 17.3 Å². The van der Waals surface area contributed by atoms with E-state index in [9.17, 15) is 18.8 Å². The van der Waals surface area contributed by atoms with Gasteiger partial charge in [-0.2, -0.15) is 4.37 Å². The largest absolute Gasteiger partial charge is 0.395 e. The lowest BCUT2D eigenvalue weighted by molar-refractivity contribution is -0.123. The molecular weight excluding hydrogens is 523 g/mol. The van der Waals surface area contributed by atoms with E-state index in [1.807, 2.05) is 6.07 Å². The highest BCUT2D eigenvalue weighted by Crippen LogP contribution is 2.34. The molecule has 0 bridgehead atoms. The number of rotatable bonds is 8. The molecule has 39 heavy (non-hydrogen) atoms. The van der Waals surface area contributed by atoms with Crippen molar-refractivity contribution in [2.75, 3.05) is 23.8 Å². The number of pyridine rings is 1. The number of amides is 3. The first-order valence-corrected chi connectivity index (χ1v) is 13.0. The van der Waals surface area contributed by atoms with E-state index in [4.69, 9.17) is 16.2 Å². The Balaban J connectivity index is 1.64. The minimum Gasteiger partial charge on any atom is -0.395 e. The van der Waals surface area contributed by atoms with Gasteiger partial charge in [0.2, 0.25) is 5.91 Å². The molecule has 2 aromatic carbocycles. The topological polar surface area (TPSA) is 154 Å². The maximum Gasteiger partial charge on any atom is 0.273 e. The van der Waals surface area contributed by atoms with Crippen molar-refractivity contribution < 1.29 is 23.5 Å². The van der Waals surface area contributed by atoms with Gasteiger partial charge in [-0.1, -0.05) is 18.2 Å². The summed E-state index contributed by atoms with van der Waals surface area (Å²) >= 11 is 0.678. The lowest BCUT2D eigenvalue weighted by atomic mass is 10.00. The highest BCUT2D eigenvalue weighted by molar-refractivity contribution is 7.09. The molecule has 2 aromatic heterocycles. The van der Waals surface area contributed by atoms with Crippen LogP contribution in [0.1, 0.15) is 44.6 Å². The van der Waals surface area contributed by atoms with Gasteiger partial charge in [-0.15, -0.1) is 0 Å². The number of halogens is 1. The summed E-state index contributed by atoms with van der Waals surface area (Å²) in [5.41, 5.74) is 12.2. The average molecular weight is 549 g/mol. The first kappa shape index (κ1) is 26.2. The molecule has 0 saturated carbocycles. The zero-order chi connectivity index (χ0) is 27.5. The molecule has 4 aromatic rings. The van der Waals surface area contributed by atoms with Crippen LogP contribution in [0.2, 0.25) is 0 Å². The molecule has 200 valence electrons. The lowest BCUT2D eigenvalue weighted by Crippen LogP contribution is -2.45. The van der Waals surface area contributed by atoms with Gasteiger partial charge in [-0.25, -0.2) is 4.39 Å². The number of carbonyl (C=O) groups excluding carboxylic acids is 3. The molecule has 5 N–H and O–H groups in total. The second kappa shape index (κ2) is 11.1. The van der Waals surface area contributed by atoms with E-state index in [0.29, 0.717) is 29.2 Å². The summed E-state index contributed by atoms with van der Waals surface area (Å²) in [5, 5.41) is 3.64. The third-order valence-corrected chi connectivity index (χ3v) is 7.29. The van der Waals surface area contributed by atoms with Crippen molar-refractivity contribution in [2.24, 2.45) is 5.73 Å². The number of ether oxygens (including phenoxy) is 1. The first-order valence-electron chi connectivity index (χ1n) is 12.2. The van der Waals surface area contributed by atoms with Crippen LogP contribution >= 0.6 is 11.5 Å². The number of hydrogen-bond donors (Lipinski definition) is 3. The SMILES string of the molecule is NC(=O)c1nsc(C(=O)N(c2cccc(F)c2)[C@@H](C(=O)NC[C@H]2CCCO2)c2ccc3ncccc3c2)c1N. The number of primary amides is 1. The number of benzene rings is 2. The number of carbonyl (C=O) groups is 3. The quantitative estimate of drug-likeness (QED) is 0.306. The van der Waals surface area contributed by atoms with E-state index in [0.717, 1.165) is 29.2 Å². The molecule has 1 aliphatic heterocycles. The van der Waals surface area contributed by atoms with Gasteiger partial charge in [-0.3, -0.25) is 24.3 Å². The van der Waals surface area contributed by atoms with E-state index in [1.165, 1.54) is 18.2 Å². The number of nitrogens with one attached hydrogen (secondary N) is 1. The molecule has 3 amide bonds. The number of nitrogen functional groups attached to an aromatic ring is 1. The summed E-state index contributed by atoms with van der Waals surface area (Å²) < 4.78 is 24.0. The van der Waals surface area contributed by atoms with Crippen molar-refractivity contribution >= 4 is 51.5 Å². The number of fused-ring (bicyclic) bond motifs is 1. The van der Waals surface area contributed by atoms with Crippen LogP contribution in [0.25, 0.3) is 10.9 Å². The van der Waals surface area contributed by atoms with Crippen LogP contribution in [0, 0.1) is 5.82 Å². The predicted molar refractivity (Wildman–Crippen MR) is 145 cm³/mol. The van der Waals surface area contributed by atoms with Crippen molar-refractivity contribution in [3.05, 3.63) is 82.7 Å². The Morgan fingerprint density at radius 3 is 2.74 bits per heavy atom. The molecule has 10 nitrogen and oxygen atoms in total. The van der Waals surface area contributed by atoms with Gasteiger partial charge < -0.3 is 21.5 Å². The van der Waals surface area contributed by atoms with Gasteiger partial charge in [0.15, 0.2) is 5.69 Å². The summed E-state index contributed by atoms with van der Waals surface area (Å²) in [6.45, 7) is 0.854. The van der Waals surface area contributed by atoms with E-state index < -0.39 is 29.6 Å². The number of nitrogens with two attached hydrogens (primary N) is 2. The highest BCUT2D eigenvalue weighted by Gasteiger charge is 2.36. The molecule has 0 spiro atoms. The van der Waals surface area contributed by atoms with Crippen LogP contribution in [0.5, 0.6) is 0 Å². The number of aromatic nitrogens is 2. The summed E-state index contributed by atoms with van der Waals surface area (Å²) in [7, 11) is 0. The predicted octanol–water partition coefficient (Wildman–Crippen LogP) is 3.19. The maximum absolute atomic E-state index is 14.5. The third kappa shape index (κ3) is 5.42. The summed E-state index contributed by atoms with van der Waals surface area (Å²) in [4.78, 5) is 45.1. The number of anilines is 2. The Hall–Kier alpha value is -4.42. The molecule has 0 radical (unpaired) electrons. The van der Waals surface area contributed by atoms with E-state index >= 15 is 0 Å². The second-order valence-corrected chi connectivity index (χ2v) is 9.80. The fourth-order valence-electron chi connectivity index (χ4n) is 4.55. The molecule has 12 heteroatoms. The Bertz CT molecular complexity index is 1550. The molecule has 5 rings (SSSR count). The van der Waals surface area contributed by atoms with Crippen LogP contribution in [-0.4, -0.2) is 46.3 Å². The van der Waals surface area contributed by atoms with Crippen LogP contribution in [0.4, 0.5) is 15.8 Å². The van der Waals surface area contributed by atoms with Gasteiger partial charge in [0.25, 0.3) is 11.8 Å². The number of nitrogens with zero attached hydrogens (tertiary/aromatic N) is 3. The Labute approximate surface area is 226 Å². The van der Waals surface area contributed by atoms with Crippen LogP contribution in [0.15, 0.2) is 60.8 Å². The van der Waals surface area contributed by atoms with Crippen molar-refractivity contribution in [1.29, 1.82) is 0 Å². The van der Waals surface area contributed by atoms with E-state index in [2.05, 4.69) is 14.7 Å². The number of hydrogen-bond acceptors (Lipinski definition) is 8. The van der Waals surface area contributed by atoms with Crippen molar-refractivity contribution in [3.8, 4) is 0 Å². The Morgan fingerprint density at radius 1 is 1.18 bits per heavy atom. The third-order valence-electron chi connectivity index (χ3n) is 6.44. The maximum atomic E-state index is 14.5. The molecule has 1 fully saturated rings. The average Bonchev–Trinajstić information content (AvgIpc) is 3.59. The smallest absolute Gasteiger partial charge is 0.273 e. The fourth-order valence-corrected chi connectivity index (χ4v) is 5.29. The summed E-state index contributed by atoms with van der Waals surface area (Å²) in [6, 6.07) is 12.9. The van der Waals surface area contributed by atoms with Gasteiger partial charge in [-0.05, 0) is 66.3 Å².